The van der Waals surface area contributed by atoms with Crippen molar-refractivity contribution in [3.05, 3.63) is 0 Å². The molecule has 3 rings (SSSR count). The number of hydrogen-bond acceptors (Lipinski definition) is 4. The fourth-order valence-corrected chi connectivity index (χ4v) is 4.38. The molecule has 3 fully saturated rings. The molecule has 3 amide bonds. The minimum atomic E-state index is -0.807. The number of carbonyl (C=O) groups is 3. The molecule has 0 unspecified atom stereocenters. The summed E-state index contributed by atoms with van der Waals surface area (Å²) in [6, 6.07) is -0.455. The summed E-state index contributed by atoms with van der Waals surface area (Å²) in [5.74, 6) is -0.208. The van der Waals surface area contributed by atoms with Crippen LogP contribution >= 0.6 is 0 Å². The monoisotopic (exact) mass is 336 g/mol. The molecule has 1 spiro atoms. The highest BCUT2D eigenvalue weighted by atomic mass is 16.5. The quantitative estimate of drug-likeness (QED) is 0.632. The summed E-state index contributed by atoms with van der Waals surface area (Å²) in [5, 5.41) is 2.86. The molecule has 6 heteroatoms. The number of esters is 1. The molecular formula is C18H28N2O4. The van der Waals surface area contributed by atoms with E-state index >= 15 is 0 Å². The number of imide groups is 1. The fraction of sp³-hybridized carbons (Fsp3) is 0.833. The third kappa shape index (κ3) is 3.28. The average Bonchev–Trinajstić information content (AvgIpc) is 2.82. The van der Waals surface area contributed by atoms with Gasteiger partial charge < -0.3 is 10.1 Å². The van der Waals surface area contributed by atoms with Crippen LogP contribution in [0, 0.1) is 11.8 Å². The van der Waals surface area contributed by atoms with Gasteiger partial charge in [-0.25, -0.2) is 4.79 Å². The van der Waals surface area contributed by atoms with Crippen LogP contribution in [0.15, 0.2) is 0 Å². The molecule has 1 aliphatic heterocycles. The van der Waals surface area contributed by atoms with Gasteiger partial charge in [0, 0.05) is 0 Å². The van der Waals surface area contributed by atoms with E-state index in [4.69, 9.17) is 4.74 Å². The zero-order valence-electron chi connectivity index (χ0n) is 14.5. The molecule has 1 N–H and O–H groups in total. The minimum Gasteiger partial charge on any atom is -0.464 e. The molecule has 2 atom stereocenters. The SMILES string of the molecule is C[C@@H]1CCCC[C@]12NC(=O)N(CC(=O)OCC1CCCCC1)C2=O. The summed E-state index contributed by atoms with van der Waals surface area (Å²) in [4.78, 5) is 38.1. The van der Waals surface area contributed by atoms with Crippen molar-refractivity contribution in [2.75, 3.05) is 13.2 Å². The largest absolute Gasteiger partial charge is 0.464 e. The van der Waals surface area contributed by atoms with Gasteiger partial charge in [0.25, 0.3) is 5.91 Å². The molecule has 134 valence electrons. The van der Waals surface area contributed by atoms with Crippen LogP contribution in [0.5, 0.6) is 0 Å². The summed E-state index contributed by atoms with van der Waals surface area (Å²) >= 11 is 0. The van der Waals surface area contributed by atoms with E-state index < -0.39 is 17.5 Å². The Kier molecular flexibility index (Phi) is 5.11. The Hall–Kier alpha value is -1.59. The van der Waals surface area contributed by atoms with E-state index in [0.717, 1.165) is 37.0 Å². The lowest BCUT2D eigenvalue weighted by atomic mass is 9.73. The van der Waals surface area contributed by atoms with Crippen LogP contribution in [0.1, 0.15) is 64.7 Å². The molecule has 6 nitrogen and oxygen atoms in total. The fourth-order valence-electron chi connectivity index (χ4n) is 4.38. The normalized spacial score (nSPS) is 31.4. The lowest BCUT2D eigenvalue weighted by molar-refractivity contribution is -0.149. The van der Waals surface area contributed by atoms with Gasteiger partial charge >= 0.3 is 12.0 Å². The van der Waals surface area contributed by atoms with Crippen molar-refractivity contribution >= 4 is 17.9 Å². The smallest absolute Gasteiger partial charge is 0.326 e. The van der Waals surface area contributed by atoms with E-state index in [-0.39, 0.29) is 18.4 Å². The molecule has 3 aliphatic rings. The maximum Gasteiger partial charge on any atom is 0.326 e. The zero-order valence-corrected chi connectivity index (χ0v) is 14.5. The minimum absolute atomic E-state index is 0.103. The van der Waals surface area contributed by atoms with Crippen LogP contribution in [-0.4, -0.2) is 41.5 Å². The number of ether oxygens (including phenoxy) is 1. The highest BCUT2D eigenvalue weighted by Gasteiger charge is 2.55. The van der Waals surface area contributed by atoms with Gasteiger partial charge in [0.2, 0.25) is 0 Å². The number of nitrogens with one attached hydrogen (secondary N) is 1. The molecule has 0 radical (unpaired) electrons. The Morgan fingerprint density at radius 1 is 1.17 bits per heavy atom. The first-order valence-electron chi connectivity index (χ1n) is 9.32. The van der Waals surface area contributed by atoms with Crippen LogP contribution in [0.3, 0.4) is 0 Å². The standard InChI is InChI=1S/C18H28N2O4/c1-13-7-5-6-10-18(13)16(22)20(17(23)19-18)11-15(21)24-12-14-8-3-2-4-9-14/h13-14H,2-12H2,1H3,(H,19,23)/t13-,18+/m1/s1. The lowest BCUT2D eigenvalue weighted by Gasteiger charge is -2.36. The predicted molar refractivity (Wildman–Crippen MR) is 88.1 cm³/mol. The third-order valence-corrected chi connectivity index (χ3v) is 5.99. The highest BCUT2D eigenvalue weighted by Crippen LogP contribution is 2.38. The van der Waals surface area contributed by atoms with Crippen LogP contribution < -0.4 is 5.32 Å². The van der Waals surface area contributed by atoms with E-state index in [1.54, 1.807) is 0 Å². The Morgan fingerprint density at radius 3 is 2.58 bits per heavy atom. The Balaban J connectivity index is 1.55. The van der Waals surface area contributed by atoms with Crippen molar-refractivity contribution in [3.63, 3.8) is 0 Å². The van der Waals surface area contributed by atoms with Gasteiger partial charge in [0.05, 0.1) is 6.61 Å². The van der Waals surface area contributed by atoms with Crippen LogP contribution in [0.2, 0.25) is 0 Å². The summed E-state index contributed by atoms with van der Waals surface area (Å²) < 4.78 is 5.33. The average molecular weight is 336 g/mol. The van der Waals surface area contributed by atoms with Crippen molar-refractivity contribution in [1.82, 2.24) is 10.2 Å². The summed E-state index contributed by atoms with van der Waals surface area (Å²) in [5.41, 5.74) is -0.807. The number of amides is 3. The van der Waals surface area contributed by atoms with Crippen LogP contribution in [0.4, 0.5) is 4.79 Å². The Labute approximate surface area is 143 Å². The first-order valence-corrected chi connectivity index (χ1v) is 9.32. The van der Waals surface area contributed by atoms with Gasteiger partial charge in [-0.2, -0.15) is 0 Å². The van der Waals surface area contributed by atoms with E-state index in [1.165, 1.54) is 19.3 Å². The lowest BCUT2D eigenvalue weighted by Crippen LogP contribution is -2.54. The van der Waals surface area contributed by atoms with Crippen LogP contribution in [-0.2, 0) is 14.3 Å². The van der Waals surface area contributed by atoms with Gasteiger partial charge in [-0.1, -0.05) is 39.0 Å². The third-order valence-electron chi connectivity index (χ3n) is 5.99. The molecule has 0 aromatic rings. The maximum atomic E-state index is 12.8. The highest BCUT2D eigenvalue weighted by molar-refractivity contribution is 6.08. The Bertz CT molecular complexity index is 515. The molecule has 0 aromatic heterocycles. The molecular weight excluding hydrogens is 308 g/mol. The van der Waals surface area contributed by atoms with Gasteiger partial charge in [0.1, 0.15) is 12.1 Å². The van der Waals surface area contributed by atoms with Gasteiger partial charge in [0.15, 0.2) is 0 Å². The van der Waals surface area contributed by atoms with Crippen molar-refractivity contribution in [2.24, 2.45) is 11.8 Å². The van der Waals surface area contributed by atoms with E-state index in [0.29, 0.717) is 18.9 Å². The van der Waals surface area contributed by atoms with Gasteiger partial charge in [-0.15, -0.1) is 0 Å². The number of carbonyl (C=O) groups excluding carboxylic acids is 3. The Morgan fingerprint density at radius 2 is 1.88 bits per heavy atom. The second kappa shape index (κ2) is 7.11. The topological polar surface area (TPSA) is 75.7 Å². The first-order chi connectivity index (χ1) is 11.5. The van der Waals surface area contributed by atoms with Crippen molar-refractivity contribution in [1.29, 1.82) is 0 Å². The molecule has 0 bridgehead atoms. The zero-order chi connectivity index (χ0) is 17.2. The summed E-state index contributed by atoms with van der Waals surface area (Å²) in [7, 11) is 0. The molecule has 1 saturated heterocycles. The van der Waals surface area contributed by atoms with E-state index in [2.05, 4.69) is 5.32 Å². The molecule has 2 saturated carbocycles. The van der Waals surface area contributed by atoms with Gasteiger partial charge in [-0.05, 0) is 37.5 Å². The molecule has 0 aromatic carbocycles. The summed E-state index contributed by atoms with van der Waals surface area (Å²) in [6.07, 6.45) is 9.41. The first kappa shape index (κ1) is 17.2. The predicted octanol–water partition coefficient (Wildman–Crippen LogP) is 2.61. The van der Waals surface area contributed by atoms with E-state index in [1.807, 2.05) is 6.92 Å². The number of nitrogens with zero attached hydrogens (tertiary/aromatic N) is 1. The molecule has 24 heavy (non-hydrogen) atoms. The number of urea groups is 1. The van der Waals surface area contributed by atoms with E-state index in [9.17, 15) is 14.4 Å². The van der Waals surface area contributed by atoms with Crippen molar-refractivity contribution in [2.45, 2.75) is 70.3 Å². The van der Waals surface area contributed by atoms with Crippen LogP contribution in [0.25, 0.3) is 0 Å². The second-order valence-electron chi connectivity index (χ2n) is 7.63. The second-order valence-corrected chi connectivity index (χ2v) is 7.63. The van der Waals surface area contributed by atoms with Crippen molar-refractivity contribution in [3.8, 4) is 0 Å². The molecule has 1 heterocycles. The number of hydrogen-bond donors (Lipinski definition) is 1. The molecule has 2 aliphatic carbocycles. The maximum absolute atomic E-state index is 12.8. The van der Waals surface area contributed by atoms with Crippen molar-refractivity contribution < 1.29 is 19.1 Å². The summed E-state index contributed by atoms with van der Waals surface area (Å²) in [6.45, 7) is 2.14. The number of rotatable bonds is 4. The van der Waals surface area contributed by atoms with Gasteiger partial charge in [-0.3, -0.25) is 14.5 Å².